The Balaban J connectivity index is 2.05. The van der Waals surface area contributed by atoms with Crippen molar-refractivity contribution in [3.8, 4) is 0 Å². The Kier molecular flexibility index (Phi) is 4.06. The Morgan fingerprint density at radius 3 is 2.24 bits per heavy atom. The first kappa shape index (κ1) is 12.4. The minimum absolute atomic E-state index is 0.129. The van der Waals surface area contributed by atoms with Gasteiger partial charge in [0.05, 0.1) is 0 Å². The molecule has 0 spiro atoms. The summed E-state index contributed by atoms with van der Waals surface area (Å²) in [7, 11) is 2.22. The summed E-state index contributed by atoms with van der Waals surface area (Å²) in [4.78, 5) is 2.43. The highest BCUT2D eigenvalue weighted by Gasteiger charge is 2.18. The summed E-state index contributed by atoms with van der Waals surface area (Å²) in [5.41, 5.74) is 8.40. The van der Waals surface area contributed by atoms with Crippen LogP contribution in [0.1, 0.15) is 50.6 Å². The van der Waals surface area contributed by atoms with Crippen LogP contribution in [0.15, 0.2) is 24.3 Å². The molecule has 2 heteroatoms. The lowest BCUT2D eigenvalue weighted by Gasteiger charge is -2.33. The molecule has 17 heavy (non-hydrogen) atoms. The molecule has 94 valence electrons. The number of rotatable bonds is 3. The molecule has 0 unspecified atom stereocenters. The van der Waals surface area contributed by atoms with E-state index in [0.717, 1.165) is 6.04 Å². The molecule has 1 aliphatic carbocycles. The number of hydrogen-bond donors (Lipinski definition) is 1. The molecule has 1 aliphatic rings. The van der Waals surface area contributed by atoms with Crippen LogP contribution in [0.2, 0.25) is 0 Å². The molecule has 0 saturated heterocycles. The van der Waals surface area contributed by atoms with Gasteiger partial charge in [-0.2, -0.15) is 0 Å². The average Bonchev–Trinajstić information content (AvgIpc) is 2.39. The summed E-state index contributed by atoms with van der Waals surface area (Å²) in [5, 5.41) is 0. The molecule has 0 aromatic heterocycles. The molecule has 0 aliphatic heterocycles. The summed E-state index contributed by atoms with van der Waals surface area (Å²) in [6.45, 7) is 2.03. The largest absolute Gasteiger partial charge is 0.372 e. The average molecular weight is 232 g/mol. The van der Waals surface area contributed by atoms with E-state index in [-0.39, 0.29) is 6.04 Å². The fourth-order valence-corrected chi connectivity index (χ4v) is 2.69. The molecule has 0 heterocycles. The van der Waals surface area contributed by atoms with Gasteiger partial charge in [-0.1, -0.05) is 31.4 Å². The highest BCUT2D eigenvalue weighted by Crippen LogP contribution is 2.26. The first-order valence-corrected chi connectivity index (χ1v) is 6.77. The van der Waals surface area contributed by atoms with Gasteiger partial charge in [0.15, 0.2) is 0 Å². The Morgan fingerprint density at radius 2 is 1.71 bits per heavy atom. The van der Waals surface area contributed by atoms with Crippen molar-refractivity contribution in [2.24, 2.45) is 5.73 Å². The maximum absolute atomic E-state index is 5.87. The molecule has 2 nitrogen and oxygen atoms in total. The normalized spacial score (nSPS) is 19.0. The predicted molar refractivity (Wildman–Crippen MR) is 74.3 cm³/mol. The molecule has 2 rings (SSSR count). The van der Waals surface area contributed by atoms with Gasteiger partial charge in [-0.3, -0.25) is 0 Å². The van der Waals surface area contributed by atoms with E-state index in [9.17, 15) is 0 Å². The molecule has 0 radical (unpaired) electrons. The van der Waals surface area contributed by atoms with Crippen LogP contribution in [-0.2, 0) is 0 Å². The van der Waals surface area contributed by atoms with Gasteiger partial charge in [-0.15, -0.1) is 0 Å². The quantitative estimate of drug-likeness (QED) is 0.864. The van der Waals surface area contributed by atoms with Crippen molar-refractivity contribution in [3.63, 3.8) is 0 Å². The van der Waals surface area contributed by atoms with E-state index in [2.05, 4.69) is 36.2 Å². The van der Waals surface area contributed by atoms with Gasteiger partial charge in [-0.05, 0) is 37.5 Å². The molecule has 1 aromatic rings. The van der Waals surface area contributed by atoms with E-state index < -0.39 is 0 Å². The van der Waals surface area contributed by atoms with Crippen molar-refractivity contribution in [3.05, 3.63) is 29.8 Å². The van der Waals surface area contributed by atoms with Crippen molar-refractivity contribution >= 4 is 5.69 Å². The first-order valence-electron chi connectivity index (χ1n) is 6.77. The number of nitrogens with two attached hydrogens (primary N) is 1. The zero-order chi connectivity index (χ0) is 12.3. The fourth-order valence-electron chi connectivity index (χ4n) is 2.69. The van der Waals surface area contributed by atoms with Gasteiger partial charge in [0.25, 0.3) is 0 Å². The second-order valence-corrected chi connectivity index (χ2v) is 5.28. The van der Waals surface area contributed by atoms with E-state index in [1.54, 1.807) is 0 Å². The number of anilines is 1. The standard InChI is InChI=1S/C15H24N2/c1-12(16)13-8-10-15(11-9-13)17(2)14-6-4-3-5-7-14/h8-12,14H,3-7,16H2,1-2H3/t12-/m1/s1. The third-order valence-electron chi connectivity index (χ3n) is 3.95. The van der Waals surface area contributed by atoms with E-state index in [0.29, 0.717) is 0 Å². The van der Waals surface area contributed by atoms with Crippen LogP contribution in [0, 0.1) is 0 Å². The second-order valence-electron chi connectivity index (χ2n) is 5.28. The van der Waals surface area contributed by atoms with Crippen LogP contribution >= 0.6 is 0 Å². The molecule has 1 saturated carbocycles. The van der Waals surface area contributed by atoms with Crippen molar-refractivity contribution in [1.29, 1.82) is 0 Å². The van der Waals surface area contributed by atoms with Crippen LogP contribution in [0.5, 0.6) is 0 Å². The highest BCUT2D eigenvalue weighted by atomic mass is 15.1. The van der Waals surface area contributed by atoms with Gasteiger partial charge < -0.3 is 10.6 Å². The van der Waals surface area contributed by atoms with Crippen molar-refractivity contribution in [1.82, 2.24) is 0 Å². The summed E-state index contributed by atoms with van der Waals surface area (Å²) in [6, 6.07) is 9.56. The summed E-state index contributed by atoms with van der Waals surface area (Å²) >= 11 is 0. The molecule has 1 atom stereocenters. The Hall–Kier alpha value is -1.02. The van der Waals surface area contributed by atoms with Crippen LogP contribution in [0.3, 0.4) is 0 Å². The fraction of sp³-hybridized carbons (Fsp3) is 0.600. The molecule has 1 aromatic carbocycles. The smallest absolute Gasteiger partial charge is 0.0366 e. The van der Waals surface area contributed by atoms with E-state index >= 15 is 0 Å². The minimum Gasteiger partial charge on any atom is -0.372 e. The first-order chi connectivity index (χ1) is 8.18. The van der Waals surface area contributed by atoms with E-state index in [1.807, 2.05) is 6.92 Å². The predicted octanol–water partition coefficient (Wildman–Crippen LogP) is 3.48. The van der Waals surface area contributed by atoms with Gasteiger partial charge in [0.2, 0.25) is 0 Å². The molecule has 0 bridgehead atoms. The van der Waals surface area contributed by atoms with Crippen LogP contribution in [0.25, 0.3) is 0 Å². The number of nitrogens with zero attached hydrogens (tertiary/aromatic N) is 1. The number of hydrogen-bond acceptors (Lipinski definition) is 2. The van der Waals surface area contributed by atoms with Crippen LogP contribution < -0.4 is 10.6 Å². The summed E-state index contributed by atoms with van der Waals surface area (Å²) < 4.78 is 0. The summed E-state index contributed by atoms with van der Waals surface area (Å²) in [5.74, 6) is 0. The molecule has 0 amide bonds. The monoisotopic (exact) mass is 232 g/mol. The minimum atomic E-state index is 0.129. The van der Waals surface area contributed by atoms with E-state index in [1.165, 1.54) is 43.4 Å². The maximum Gasteiger partial charge on any atom is 0.0366 e. The Bertz CT molecular complexity index is 336. The van der Waals surface area contributed by atoms with Gasteiger partial charge in [-0.25, -0.2) is 0 Å². The van der Waals surface area contributed by atoms with Crippen LogP contribution in [0.4, 0.5) is 5.69 Å². The molecule has 2 N–H and O–H groups in total. The number of benzene rings is 1. The molecular formula is C15H24N2. The maximum atomic E-state index is 5.87. The van der Waals surface area contributed by atoms with E-state index in [4.69, 9.17) is 5.73 Å². The highest BCUT2D eigenvalue weighted by molar-refractivity contribution is 5.48. The second kappa shape index (κ2) is 5.54. The summed E-state index contributed by atoms with van der Waals surface area (Å²) in [6.07, 6.45) is 6.85. The van der Waals surface area contributed by atoms with Crippen molar-refractivity contribution in [2.45, 2.75) is 51.1 Å². The molecular weight excluding hydrogens is 208 g/mol. The van der Waals surface area contributed by atoms with Crippen LogP contribution in [-0.4, -0.2) is 13.1 Å². The van der Waals surface area contributed by atoms with Crippen molar-refractivity contribution < 1.29 is 0 Å². The lowest BCUT2D eigenvalue weighted by Crippen LogP contribution is -2.33. The topological polar surface area (TPSA) is 29.3 Å². The Labute approximate surface area is 105 Å². The van der Waals surface area contributed by atoms with Gasteiger partial charge in [0.1, 0.15) is 0 Å². The Morgan fingerprint density at radius 1 is 1.12 bits per heavy atom. The van der Waals surface area contributed by atoms with Crippen molar-refractivity contribution in [2.75, 3.05) is 11.9 Å². The van der Waals surface area contributed by atoms with Gasteiger partial charge in [0, 0.05) is 24.8 Å². The lowest BCUT2D eigenvalue weighted by atomic mass is 9.94. The SMILES string of the molecule is C[C@@H](N)c1ccc(N(C)C2CCCCC2)cc1. The molecule has 1 fully saturated rings. The zero-order valence-corrected chi connectivity index (χ0v) is 11.0. The third-order valence-corrected chi connectivity index (χ3v) is 3.95. The lowest BCUT2D eigenvalue weighted by molar-refractivity contribution is 0.427. The van der Waals surface area contributed by atoms with Gasteiger partial charge >= 0.3 is 0 Å². The zero-order valence-electron chi connectivity index (χ0n) is 11.0. The third kappa shape index (κ3) is 3.01.